The van der Waals surface area contributed by atoms with Crippen molar-refractivity contribution in [2.45, 2.75) is 9.79 Å². The van der Waals surface area contributed by atoms with Gasteiger partial charge in [0.05, 0.1) is 0 Å². The molecule has 0 saturated carbocycles. The molecule has 6 heteroatoms. The van der Waals surface area contributed by atoms with Gasteiger partial charge in [-0.3, -0.25) is 0 Å². The number of anilines is 4. The predicted octanol–water partition coefficient (Wildman–Crippen LogP) is 4.57. The van der Waals surface area contributed by atoms with Crippen LogP contribution in [0.15, 0.2) is 76.5 Å². The zero-order valence-electron chi connectivity index (χ0n) is 16.9. The van der Waals surface area contributed by atoms with Gasteiger partial charge in [-0.1, -0.05) is 0 Å². The molecule has 0 radical (unpaired) electrons. The summed E-state index contributed by atoms with van der Waals surface area (Å²) in [6, 6.07) is 22.7. The molecule has 0 unspecified atom stereocenters. The van der Waals surface area contributed by atoms with Crippen LogP contribution in [0.2, 0.25) is 0 Å². The fourth-order valence-corrected chi connectivity index (χ4v) is 5.94. The second kappa shape index (κ2) is 8.15. The van der Waals surface area contributed by atoms with Crippen molar-refractivity contribution in [3.8, 4) is 0 Å². The average molecular weight is 468 g/mol. The van der Waals surface area contributed by atoms with Gasteiger partial charge in [0.2, 0.25) is 0 Å². The van der Waals surface area contributed by atoms with Crippen LogP contribution in [0, 0.1) is 0 Å². The number of rotatable bonds is 4. The Morgan fingerprint density at radius 2 is 1.31 bits per heavy atom. The van der Waals surface area contributed by atoms with Crippen molar-refractivity contribution in [1.82, 2.24) is 0 Å². The molecule has 0 fully saturated rings. The molecule has 0 atom stereocenters. The first kappa shape index (κ1) is 19.9. The van der Waals surface area contributed by atoms with Crippen LogP contribution in [0.25, 0.3) is 0 Å². The van der Waals surface area contributed by atoms with Crippen LogP contribution in [0.4, 0.5) is 27.5 Å². The second-order valence-electron chi connectivity index (χ2n) is 7.21. The van der Waals surface area contributed by atoms with Crippen molar-refractivity contribution in [3.05, 3.63) is 66.7 Å². The normalized spacial score (nSPS) is 12.2. The SMILES string of the molecule is CN(C)c1ccc2c(c1)Sc1cc(N(C)C)ccc1N2C(=O)[Se]c1ccccc1. The summed E-state index contributed by atoms with van der Waals surface area (Å²) in [7, 11) is 8.15. The summed E-state index contributed by atoms with van der Waals surface area (Å²) in [6.45, 7) is 0. The number of hydrogen-bond acceptors (Lipinski definition) is 4. The topological polar surface area (TPSA) is 26.8 Å². The molecule has 0 saturated heterocycles. The van der Waals surface area contributed by atoms with Gasteiger partial charge in [0.25, 0.3) is 0 Å². The molecule has 1 aliphatic heterocycles. The van der Waals surface area contributed by atoms with E-state index in [1.807, 2.05) is 63.4 Å². The minimum atomic E-state index is -0.293. The molecule has 4 rings (SSSR count). The molecular formula is C23H23N3OSSe. The van der Waals surface area contributed by atoms with Crippen LogP contribution >= 0.6 is 11.8 Å². The van der Waals surface area contributed by atoms with E-state index in [4.69, 9.17) is 0 Å². The quantitative estimate of drug-likeness (QED) is 0.525. The molecule has 29 heavy (non-hydrogen) atoms. The molecule has 0 aliphatic carbocycles. The summed E-state index contributed by atoms with van der Waals surface area (Å²) in [5.74, 6) is 0. The van der Waals surface area contributed by atoms with Crippen molar-refractivity contribution < 1.29 is 4.79 Å². The van der Waals surface area contributed by atoms with Gasteiger partial charge in [0.15, 0.2) is 0 Å². The number of benzene rings is 3. The summed E-state index contributed by atoms with van der Waals surface area (Å²) in [5, 5.41) is 0. The van der Waals surface area contributed by atoms with Crippen molar-refractivity contribution >= 4 is 58.7 Å². The Morgan fingerprint density at radius 1 is 0.793 bits per heavy atom. The Labute approximate surface area is 182 Å². The van der Waals surface area contributed by atoms with E-state index >= 15 is 0 Å². The van der Waals surface area contributed by atoms with Gasteiger partial charge >= 0.3 is 183 Å². The monoisotopic (exact) mass is 469 g/mol. The number of carbonyl (C=O) groups is 1. The molecule has 1 aliphatic rings. The summed E-state index contributed by atoms with van der Waals surface area (Å²) < 4.78 is 1.08. The molecular weight excluding hydrogens is 445 g/mol. The number of amides is 1. The van der Waals surface area contributed by atoms with Crippen LogP contribution in [-0.4, -0.2) is 48.0 Å². The summed E-state index contributed by atoms with van der Waals surface area (Å²) in [5.41, 5.74) is 4.19. The van der Waals surface area contributed by atoms with E-state index in [1.54, 1.807) is 11.8 Å². The predicted molar refractivity (Wildman–Crippen MR) is 125 cm³/mol. The standard InChI is InChI=1S/C23H23N3OSSe/c1-24(2)16-10-12-19-21(14-16)28-22-15-17(25(3)4)11-13-20(22)26(19)23(27)29-18-8-6-5-7-9-18/h5-15H,1-4H3. The van der Waals surface area contributed by atoms with E-state index in [-0.39, 0.29) is 19.8 Å². The fraction of sp³-hybridized carbons (Fsp3) is 0.174. The van der Waals surface area contributed by atoms with Gasteiger partial charge < -0.3 is 0 Å². The van der Waals surface area contributed by atoms with E-state index < -0.39 is 0 Å². The Hall–Kier alpha value is -2.40. The Morgan fingerprint density at radius 3 is 1.79 bits per heavy atom. The fourth-order valence-electron chi connectivity index (χ4n) is 3.17. The molecule has 0 bridgehead atoms. The van der Waals surface area contributed by atoms with Gasteiger partial charge in [0.1, 0.15) is 0 Å². The first-order valence-electron chi connectivity index (χ1n) is 9.31. The Bertz CT molecular complexity index is 996. The second-order valence-corrected chi connectivity index (χ2v) is 10.4. The van der Waals surface area contributed by atoms with Gasteiger partial charge in [-0.15, -0.1) is 0 Å². The molecule has 148 valence electrons. The van der Waals surface area contributed by atoms with E-state index in [0.29, 0.717) is 0 Å². The zero-order chi connectivity index (χ0) is 20.5. The molecule has 0 N–H and O–H groups in total. The molecule has 4 nitrogen and oxygen atoms in total. The molecule has 0 aromatic heterocycles. The molecule has 3 aromatic carbocycles. The van der Waals surface area contributed by atoms with Gasteiger partial charge in [0, 0.05) is 0 Å². The minimum absolute atomic E-state index is 0.140. The zero-order valence-corrected chi connectivity index (χ0v) is 19.4. The van der Waals surface area contributed by atoms with Crippen molar-refractivity contribution in [2.24, 2.45) is 0 Å². The van der Waals surface area contributed by atoms with Crippen molar-refractivity contribution in [2.75, 3.05) is 42.9 Å². The van der Waals surface area contributed by atoms with Crippen molar-refractivity contribution in [1.29, 1.82) is 0 Å². The van der Waals surface area contributed by atoms with E-state index in [1.165, 1.54) is 0 Å². The maximum absolute atomic E-state index is 13.5. The number of carbonyl (C=O) groups excluding carboxylic acids is 1. The first-order chi connectivity index (χ1) is 13.9. The summed E-state index contributed by atoms with van der Waals surface area (Å²) >= 11 is 1.44. The molecule has 3 aromatic rings. The van der Waals surface area contributed by atoms with E-state index in [9.17, 15) is 4.79 Å². The van der Waals surface area contributed by atoms with Gasteiger partial charge in [-0.25, -0.2) is 0 Å². The molecule has 1 heterocycles. The third-order valence-electron chi connectivity index (χ3n) is 4.75. The molecule has 1 amide bonds. The summed E-state index contributed by atoms with van der Waals surface area (Å²) in [6.07, 6.45) is 0. The van der Waals surface area contributed by atoms with E-state index in [2.05, 4.69) is 46.2 Å². The molecule has 0 spiro atoms. The van der Waals surface area contributed by atoms with Gasteiger partial charge in [-0.2, -0.15) is 0 Å². The maximum atomic E-state index is 13.5. The number of hydrogen-bond donors (Lipinski definition) is 0. The average Bonchev–Trinajstić information content (AvgIpc) is 2.71. The number of nitrogens with zero attached hydrogens (tertiary/aromatic N) is 3. The van der Waals surface area contributed by atoms with Crippen LogP contribution in [-0.2, 0) is 0 Å². The third kappa shape index (κ3) is 4.01. The van der Waals surface area contributed by atoms with Crippen molar-refractivity contribution in [3.63, 3.8) is 0 Å². The van der Waals surface area contributed by atoms with Gasteiger partial charge in [-0.05, 0) is 0 Å². The summed E-state index contributed by atoms with van der Waals surface area (Å²) in [4.78, 5) is 21.9. The van der Waals surface area contributed by atoms with Crippen LogP contribution in [0.1, 0.15) is 0 Å². The Balaban J connectivity index is 1.80. The Kier molecular flexibility index (Phi) is 5.59. The third-order valence-corrected chi connectivity index (χ3v) is 7.66. The number of fused-ring (bicyclic) bond motifs is 2. The first-order valence-corrected chi connectivity index (χ1v) is 11.8. The van der Waals surface area contributed by atoms with E-state index in [0.717, 1.165) is 37.0 Å². The van der Waals surface area contributed by atoms with Crippen LogP contribution in [0.5, 0.6) is 0 Å². The van der Waals surface area contributed by atoms with Crippen LogP contribution in [0.3, 0.4) is 0 Å². The van der Waals surface area contributed by atoms with Crippen LogP contribution < -0.4 is 19.2 Å².